The van der Waals surface area contributed by atoms with Crippen LogP contribution < -0.4 is 5.56 Å². The minimum Gasteiger partial charge on any atom is -0.268 e. The van der Waals surface area contributed by atoms with Crippen molar-refractivity contribution in [2.45, 2.75) is 64.7 Å². The van der Waals surface area contributed by atoms with Crippen LogP contribution in [0.5, 0.6) is 0 Å². The first kappa shape index (κ1) is 16.7. The minimum absolute atomic E-state index is 0.00710. The van der Waals surface area contributed by atoms with Crippen molar-refractivity contribution in [3.63, 3.8) is 0 Å². The van der Waals surface area contributed by atoms with Crippen molar-refractivity contribution in [1.29, 1.82) is 0 Å². The summed E-state index contributed by atoms with van der Waals surface area (Å²) >= 11 is 0. The second kappa shape index (κ2) is 8.11. The fourth-order valence-corrected chi connectivity index (χ4v) is 2.93. The summed E-state index contributed by atoms with van der Waals surface area (Å²) in [7, 11) is 3.63. The Kier molecular flexibility index (Phi) is 6.16. The maximum Gasteiger partial charge on any atom is 0.277 e. The van der Waals surface area contributed by atoms with E-state index in [1.54, 1.807) is 22.7 Å². The van der Waals surface area contributed by atoms with Crippen molar-refractivity contribution < 1.29 is 0 Å². The molecule has 0 aliphatic rings. The van der Waals surface area contributed by atoms with Crippen LogP contribution in [0.15, 0.2) is 11.1 Å². The molecule has 0 aromatic carbocycles. The van der Waals surface area contributed by atoms with E-state index in [-0.39, 0.29) is 5.56 Å². The number of aryl methyl sites for hydroxylation is 2. The summed E-state index contributed by atoms with van der Waals surface area (Å²) in [5.41, 5.74) is 1.64. The van der Waals surface area contributed by atoms with Crippen LogP contribution in [0.4, 0.5) is 0 Å². The smallest absolute Gasteiger partial charge is 0.268 e. The number of aromatic nitrogens is 4. The van der Waals surface area contributed by atoms with Gasteiger partial charge in [-0.1, -0.05) is 51.9 Å². The molecule has 5 heteroatoms. The second-order valence-corrected chi connectivity index (χ2v) is 6.10. The lowest BCUT2D eigenvalue weighted by Gasteiger charge is -2.03. The maximum absolute atomic E-state index is 12.3. The first-order valence-corrected chi connectivity index (χ1v) is 8.52. The van der Waals surface area contributed by atoms with Crippen LogP contribution in [0.3, 0.4) is 0 Å². The summed E-state index contributed by atoms with van der Waals surface area (Å²) in [6, 6.07) is 0. The summed E-state index contributed by atoms with van der Waals surface area (Å²) in [4.78, 5) is 20.9. The Morgan fingerprint density at radius 1 is 0.909 bits per heavy atom. The number of unbranched alkanes of at least 4 members (excludes halogenated alkanes) is 7. The van der Waals surface area contributed by atoms with E-state index in [4.69, 9.17) is 0 Å². The number of rotatable bonds is 9. The quantitative estimate of drug-likeness (QED) is 0.668. The molecule has 0 radical (unpaired) electrons. The predicted molar refractivity (Wildman–Crippen MR) is 90.1 cm³/mol. The Balaban J connectivity index is 1.88. The van der Waals surface area contributed by atoms with E-state index < -0.39 is 0 Å². The molecule has 0 fully saturated rings. The molecule has 2 aromatic heterocycles. The lowest BCUT2D eigenvalue weighted by atomic mass is 10.1. The average molecular weight is 304 g/mol. The van der Waals surface area contributed by atoms with E-state index in [1.807, 2.05) is 7.05 Å². The highest BCUT2D eigenvalue weighted by atomic mass is 16.1. The monoisotopic (exact) mass is 304 g/mol. The van der Waals surface area contributed by atoms with E-state index in [0.717, 1.165) is 24.2 Å². The van der Waals surface area contributed by atoms with Gasteiger partial charge >= 0.3 is 0 Å². The Bertz CT molecular complexity index is 656. The number of nitrogens with zero attached hydrogens (tertiary/aromatic N) is 4. The van der Waals surface area contributed by atoms with Gasteiger partial charge < -0.3 is 0 Å². The molecular formula is C17H28N4O. The van der Waals surface area contributed by atoms with Crippen molar-refractivity contribution in [3.05, 3.63) is 22.4 Å². The summed E-state index contributed by atoms with van der Waals surface area (Å²) < 4.78 is 3.38. The molecule has 5 nitrogen and oxygen atoms in total. The second-order valence-electron chi connectivity index (χ2n) is 6.10. The highest BCUT2D eigenvalue weighted by molar-refractivity contribution is 5.76. The van der Waals surface area contributed by atoms with Gasteiger partial charge in [-0.2, -0.15) is 0 Å². The van der Waals surface area contributed by atoms with E-state index >= 15 is 0 Å². The Morgan fingerprint density at radius 2 is 1.55 bits per heavy atom. The van der Waals surface area contributed by atoms with Gasteiger partial charge in [0.2, 0.25) is 0 Å². The lowest BCUT2D eigenvalue weighted by Crippen LogP contribution is -2.17. The van der Waals surface area contributed by atoms with Gasteiger partial charge in [-0.15, -0.1) is 0 Å². The van der Waals surface area contributed by atoms with Crippen LogP contribution in [0.25, 0.3) is 11.0 Å². The molecule has 0 N–H and O–H groups in total. The molecule has 0 saturated heterocycles. The Hall–Kier alpha value is -1.65. The molecule has 0 unspecified atom stereocenters. The SMILES string of the molecule is CCCCCCCCCCc1ncnc2c1c(=O)n(C)n2C. The summed E-state index contributed by atoms with van der Waals surface area (Å²) in [6.45, 7) is 2.25. The lowest BCUT2D eigenvalue weighted by molar-refractivity contribution is 0.574. The molecule has 0 aliphatic heterocycles. The minimum atomic E-state index is 0.00710. The molecule has 0 atom stereocenters. The molecule has 2 rings (SSSR count). The average Bonchev–Trinajstić information content (AvgIpc) is 2.75. The topological polar surface area (TPSA) is 52.7 Å². The van der Waals surface area contributed by atoms with Gasteiger partial charge in [0.05, 0.1) is 5.69 Å². The molecule has 2 aromatic rings. The zero-order valence-corrected chi connectivity index (χ0v) is 14.1. The Labute approximate surface area is 132 Å². The van der Waals surface area contributed by atoms with Gasteiger partial charge in [0, 0.05) is 14.1 Å². The van der Waals surface area contributed by atoms with E-state index in [1.165, 1.54) is 44.9 Å². The third-order valence-corrected chi connectivity index (χ3v) is 4.44. The van der Waals surface area contributed by atoms with Crippen molar-refractivity contribution in [3.8, 4) is 0 Å². The molecule has 122 valence electrons. The molecule has 22 heavy (non-hydrogen) atoms. The van der Waals surface area contributed by atoms with Crippen molar-refractivity contribution in [2.75, 3.05) is 0 Å². The van der Waals surface area contributed by atoms with Gasteiger partial charge in [-0.25, -0.2) is 9.97 Å². The van der Waals surface area contributed by atoms with Crippen LogP contribution >= 0.6 is 0 Å². The fourth-order valence-electron chi connectivity index (χ4n) is 2.93. The highest BCUT2D eigenvalue weighted by Gasteiger charge is 2.14. The summed E-state index contributed by atoms with van der Waals surface area (Å²) in [5.74, 6) is 0. The van der Waals surface area contributed by atoms with Gasteiger partial charge in [-0.3, -0.25) is 14.2 Å². The standard InChI is InChI=1S/C17H28N4O/c1-4-5-6-7-8-9-10-11-12-14-15-16(19-13-18-14)20(2)21(3)17(15)22/h13H,4-12H2,1-3H3. The van der Waals surface area contributed by atoms with Crippen LogP contribution in [0.1, 0.15) is 64.0 Å². The summed E-state index contributed by atoms with van der Waals surface area (Å²) in [5, 5.41) is 0.690. The van der Waals surface area contributed by atoms with Crippen LogP contribution in [-0.2, 0) is 20.5 Å². The number of hydrogen-bond acceptors (Lipinski definition) is 3. The van der Waals surface area contributed by atoms with Gasteiger partial charge in [0.25, 0.3) is 5.56 Å². The normalized spacial score (nSPS) is 11.4. The maximum atomic E-state index is 12.3. The Morgan fingerprint density at radius 3 is 2.23 bits per heavy atom. The zero-order chi connectivity index (χ0) is 15.9. The van der Waals surface area contributed by atoms with Crippen molar-refractivity contribution in [2.24, 2.45) is 14.1 Å². The summed E-state index contributed by atoms with van der Waals surface area (Å²) in [6.07, 6.45) is 12.7. The predicted octanol–water partition coefficient (Wildman–Crippen LogP) is 3.35. The van der Waals surface area contributed by atoms with Crippen LogP contribution in [0, 0.1) is 0 Å². The molecule has 0 bridgehead atoms. The number of fused-ring (bicyclic) bond motifs is 1. The number of hydrogen-bond donors (Lipinski definition) is 0. The van der Waals surface area contributed by atoms with Gasteiger partial charge in [0.1, 0.15) is 11.7 Å². The molecule has 0 saturated carbocycles. The highest BCUT2D eigenvalue weighted by Crippen LogP contribution is 2.14. The van der Waals surface area contributed by atoms with Crippen molar-refractivity contribution in [1.82, 2.24) is 19.3 Å². The van der Waals surface area contributed by atoms with E-state index in [2.05, 4.69) is 16.9 Å². The van der Waals surface area contributed by atoms with Gasteiger partial charge in [0.15, 0.2) is 5.65 Å². The molecule has 0 spiro atoms. The molecular weight excluding hydrogens is 276 g/mol. The third-order valence-electron chi connectivity index (χ3n) is 4.44. The molecule has 2 heterocycles. The van der Waals surface area contributed by atoms with Gasteiger partial charge in [-0.05, 0) is 12.8 Å². The fraction of sp³-hybridized carbons (Fsp3) is 0.706. The molecule has 0 amide bonds. The molecule has 0 aliphatic carbocycles. The first-order valence-electron chi connectivity index (χ1n) is 8.52. The van der Waals surface area contributed by atoms with Crippen LogP contribution in [0.2, 0.25) is 0 Å². The first-order chi connectivity index (χ1) is 10.7. The third kappa shape index (κ3) is 3.76. The van der Waals surface area contributed by atoms with E-state index in [0.29, 0.717) is 5.39 Å². The van der Waals surface area contributed by atoms with Crippen LogP contribution in [-0.4, -0.2) is 19.3 Å². The van der Waals surface area contributed by atoms with Crippen molar-refractivity contribution >= 4 is 11.0 Å². The largest absolute Gasteiger partial charge is 0.277 e. The zero-order valence-electron chi connectivity index (χ0n) is 14.1. The van der Waals surface area contributed by atoms with E-state index in [9.17, 15) is 4.79 Å².